The molecule has 0 aromatic carbocycles. The highest BCUT2D eigenvalue weighted by atomic mass is 28.5. The largest absolute Gasteiger partial charge is 0.502 e. The molecular formula is C30H60O6Si3. The summed E-state index contributed by atoms with van der Waals surface area (Å²) in [5.74, 6) is 2.73. The van der Waals surface area contributed by atoms with Crippen LogP contribution in [0.2, 0.25) is 51.4 Å². The minimum atomic E-state index is -2.22. The molecule has 2 aliphatic rings. The molecule has 0 bridgehead atoms. The Kier molecular flexibility index (Phi) is 15.6. The van der Waals surface area contributed by atoms with Gasteiger partial charge >= 0.3 is 8.56 Å². The van der Waals surface area contributed by atoms with Crippen LogP contribution in [0.25, 0.3) is 0 Å². The van der Waals surface area contributed by atoms with E-state index in [4.69, 9.17) is 27.2 Å². The van der Waals surface area contributed by atoms with Gasteiger partial charge in [0.25, 0.3) is 0 Å². The van der Waals surface area contributed by atoms with Crippen molar-refractivity contribution < 1.29 is 27.2 Å². The van der Waals surface area contributed by atoms with Gasteiger partial charge in [0, 0.05) is 26.4 Å². The standard InChI is InChI=1S/C30H60O6Si3/c1-9-31-23-27-11-15-29(16-12-27)25-33-19-21-37(3,4)35-39(7,8)36-38(5,6)22-20-34-26-30-17-13-28(14-18-30)24-32-10-2/h9-10,27-30H,1-2,11-26H2,3-8H3. The van der Waals surface area contributed by atoms with Crippen LogP contribution in [0.5, 0.6) is 0 Å². The van der Waals surface area contributed by atoms with Crippen LogP contribution in [-0.2, 0) is 27.2 Å². The third-order valence-electron chi connectivity index (χ3n) is 8.28. The van der Waals surface area contributed by atoms with Crippen molar-refractivity contribution in [2.24, 2.45) is 23.7 Å². The lowest BCUT2D eigenvalue weighted by molar-refractivity contribution is 0.0731. The van der Waals surface area contributed by atoms with Crippen LogP contribution < -0.4 is 0 Å². The molecule has 228 valence electrons. The van der Waals surface area contributed by atoms with E-state index in [1.54, 1.807) is 12.5 Å². The van der Waals surface area contributed by atoms with Crippen molar-refractivity contribution in [3.63, 3.8) is 0 Å². The Morgan fingerprint density at radius 2 is 0.846 bits per heavy atom. The molecule has 6 nitrogen and oxygen atoms in total. The molecule has 0 amide bonds. The molecule has 0 aromatic rings. The minimum absolute atomic E-state index is 0.680. The van der Waals surface area contributed by atoms with Crippen molar-refractivity contribution in [1.82, 2.24) is 0 Å². The first-order chi connectivity index (χ1) is 18.4. The Morgan fingerprint density at radius 1 is 0.538 bits per heavy atom. The van der Waals surface area contributed by atoms with Crippen LogP contribution in [-0.4, -0.2) is 64.8 Å². The molecule has 2 saturated carbocycles. The first-order valence-electron chi connectivity index (χ1n) is 15.4. The van der Waals surface area contributed by atoms with E-state index in [9.17, 15) is 0 Å². The number of ether oxygens (including phenoxy) is 4. The predicted octanol–water partition coefficient (Wildman–Crippen LogP) is 8.10. The monoisotopic (exact) mass is 600 g/mol. The third kappa shape index (κ3) is 15.4. The summed E-state index contributed by atoms with van der Waals surface area (Å²) in [6.45, 7) is 26.0. The van der Waals surface area contributed by atoms with E-state index < -0.39 is 25.2 Å². The van der Waals surface area contributed by atoms with Gasteiger partial charge in [0.1, 0.15) is 0 Å². The molecule has 0 saturated heterocycles. The average molecular weight is 601 g/mol. The molecule has 0 aromatic heterocycles. The minimum Gasteiger partial charge on any atom is -0.502 e. The molecule has 0 heterocycles. The first-order valence-corrected chi connectivity index (χ1v) is 24.5. The van der Waals surface area contributed by atoms with Gasteiger partial charge in [-0.3, -0.25) is 0 Å². The van der Waals surface area contributed by atoms with Gasteiger partial charge in [0.05, 0.1) is 25.7 Å². The Labute approximate surface area is 243 Å². The van der Waals surface area contributed by atoms with Gasteiger partial charge in [-0.1, -0.05) is 13.2 Å². The van der Waals surface area contributed by atoms with E-state index in [1.807, 2.05) is 0 Å². The van der Waals surface area contributed by atoms with Gasteiger partial charge in [0.2, 0.25) is 0 Å². The number of hydrogen-bond donors (Lipinski definition) is 0. The summed E-state index contributed by atoms with van der Waals surface area (Å²) in [5, 5.41) is 0. The zero-order valence-electron chi connectivity index (χ0n) is 26.1. The van der Waals surface area contributed by atoms with Crippen LogP contribution in [0.15, 0.2) is 25.7 Å². The topological polar surface area (TPSA) is 55.4 Å². The molecule has 2 rings (SSSR count). The predicted molar refractivity (Wildman–Crippen MR) is 169 cm³/mol. The normalized spacial score (nSPS) is 24.8. The molecule has 0 atom stereocenters. The lowest BCUT2D eigenvalue weighted by atomic mass is 9.83. The summed E-state index contributed by atoms with van der Waals surface area (Å²) in [6.07, 6.45) is 13.0. The van der Waals surface area contributed by atoms with Crippen LogP contribution in [0, 0.1) is 23.7 Å². The molecule has 39 heavy (non-hydrogen) atoms. The maximum Gasteiger partial charge on any atom is 0.311 e. The second-order valence-electron chi connectivity index (χ2n) is 13.5. The Hall–Kier alpha value is -0.429. The molecule has 0 spiro atoms. The second-order valence-corrected chi connectivity index (χ2v) is 26.0. The van der Waals surface area contributed by atoms with Crippen molar-refractivity contribution >= 4 is 25.2 Å². The molecule has 9 heteroatoms. The summed E-state index contributed by atoms with van der Waals surface area (Å²) in [6, 6.07) is 2.03. The molecule has 0 N–H and O–H groups in total. The zero-order valence-corrected chi connectivity index (χ0v) is 29.1. The summed E-state index contributed by atoms with van der Waals surface area (Å²) in [7, 11) is -5.95. The van der Waals surface area contributed by atoms with Crippen molar-refractivity contribution in [2.45, 2.75) is 103 Å². The summed E-state index contributed by atoms with van der Waals surface area (Å²) >= 11 is 0. The van der Waals surface area contributed by atoms with E-state index in [-0.39, 0.29) is 0 Å². The Balaban J connectivity index is 1.59. The Morgan fingerprint density at radius 3 is 1.15 bits per heavy atom. The van der Waals surface area contributed by atoms with Crippen molar-refractivity contribution in [2.75, 3.05) is 39.6 Å². The Bertz CT molecular complexity index is 630. The maximum absolute atomic E-state index is 6.78. The van der Waals surface area contributed by atoms with E-state index >= 15 is 0 Å². The highest BCUT2D eigenvalue weighted by molar-refractivity contribution is 6.87. The van der Waals surface area contributed by atoms with Gasteiger partial charge in [-0.25, -0.2) is 0 Å². The van der Waals surface area contributed by atoms with Gasteiger partial charge < -0.3 is 27.2 Å². The molecule has 0 radical (unpaired) electrons. The molecule has 2 fully saturated rings. The molecule has 0 unspecified atom stereocenters. The van der Waals surface area contributed by atoms with E-state index in [0.29, 0.717) is 23.7 Å². The fraction of sp³-hybridized carbons (Fsp3) is 0.867. The van der Waals surface area contributed by atoms with E-state index in [0.717, 1.165) is 51.7 Å². The second kappa shape index (κ2) is 17.5. The molecule has 2 aliphatic carbocycles. The lowest BCUT2D eigenvalue weighted by Crippen LogP contribution is -2.52. The summed E-state index contributed by atoms with van der Waals surface area (Å²) < 4.78 is 36.6. The van der Waals surface area contributed by atoms with Crippen molar-refractivity contribution in [3.05, 3.63) is 25.7 Å². The highest BCUT2D eigenvalue weighted by Gasteiger charge is 2.39. The zero-order chi connectivity index (χ0) is 28.8. The number of rotatable bonds is 20. The maximum atomic E-state index is 6.78. The smallest absolute Gasteiger partial charge is 0.311 e. The molecular weight excluding hydrogens is 541 g/mol. The average Bonchev–Trinajstić information content (AvgIpc) is 2.86. The first kappa shape index (κ1) is 34.8. The van der Waals surface area contributed by atoms with E-state index in [1.165, 1.54) is 51.4 Å². The van der Waals surface area contributed by atoms with Crippen LogP contribution in [0.4, 0.5) is 0 Å². The fourth-order valence-electron chi connectivity index (χ4n) is 6.13. The molecule has 0 aliphatic heterocycles. The van der Waals surface area contributed by atoms with Crippen LogP contribution in [0.3, 0.4) is 0 Å². The van der Waals surface area contributed by atoms with Gasteiger partial charge in [-0.05, 0) is 126 Å². The third-order valence-corrected chi connectivity index (χ3v) is 19.5. The van der Waals surface area contributed by atoms with Crippen LogP contribution >= 0.6 is 0 Å². The van der Waals surface area contributed by atoms with Gasteiger partial charge in [0.15, 0.2) is 16.6 Å². The van der Waals surface area contributed by atoms with Gasteiger partial charge in [-0.2, -0.15) is 0 Å². The number of hydrogen-bond acceptors (Lipinski definition) is 6. The van der Waals surface area contributed by atoms with Crippen LogP contribution in [0.1, 0.15) is 51.4 Å². The van der Waals surface area contributed by atoms with Crippen molar-refractivity contribution in [3.8, 4) is 0 Å². The highest BCUT2D eigenvalue weighted by Crippen LogP contribution is 2.31. The van der Waals surface area contributed by atoms with E-state index in [2.05, 4.69) is 52.4 Å². The lowest BCUT2D eigenvalue weighted by Gasteiger charge is -2.38. The fourth-order valence-corrected chi connectivity index (χ4v) is 19.4. The van der Waals surface area contributed by atoms with Gasteiger partial charge in [-0.15, -0.1) is 0 Å². The summed E-state index contributed by atoms with van der Waals surface area (Å²) in [5.41, 5.74) is 0. The SMILES string of the molecule is C=COCC1CCC(COCC[Si](C)(C)O[Si](C)(C)O[Si](C)(C)CCOCC2CCC(COC=C)CC2)CC1. The quantitative estimate of drug-likeness (QED) is 0.0799. The van der Waals surface area contributed by atoms with Crippen molar-refractivity contribution in [1.29, 1.82) is 0 Å². The summed E-state index contributed by atoms with van der Waals surface area (Å²) in [4.78, 5) is 0.